The van der Waals surface area contributed by atoms with Gasteiger partial charge >= 0.3 is 0 Å². The molecule has 1 amide bonds. The topological polar surface area (TPSA) is 113 Å². The van der Waals surface area contributed by atoms with E-state index >= 15 is 0 Å². The Labute approximate surface area is 198 Å². The molecule has 9 nitrogen and oxygen atoms in total. The number of aryl methyl sites for hydroxylation is 1. The van der Waals surface area contributed by atoms with E-state index in [-0.39, 0.29) is 10.6 Å². The molecule has 1 aromatic heterocycles. The van der Waals surface area contributed by atoms with Crippen LogP contribution < -0.4 is 24.4 Å². The maximum Gasteiger partial charge on any atom is 0.271 e. The number of carbonyl (C=O) groups is 1. The Hall–Kier alpha value is -3.79. The highest BCUT2D eigenvalue weighted by Gasteiger charge is 2.19. The third-order valence-electron chi connectivity index (χ3n) is 4.98. The molecule has 2 aromatic carbocycles. The molecule has 3 aromatic rings. The van der Waals surface area contributed by atoms with E-state index in [9.17, 15) is 18.0 Å². The average molecular weight is 487 g/mol. The quantitative estimate of drug-likeness (QED) is 0.468. The highest BCUT2D eigenvalue weighted by molar-refractivity contribution is 7.90. The number of aromatic nitrogens is 1. The molecule has 0 fully saturated rings. The molecule has 0 bridgehead atoms. The Kier molecular flexibility index (Phi) is 7.95. The van der Waals surface area contributed by atoms with Crippen molar-refractivity contribution in [2.75, 3.05) is 20.3 Å². The second-order valence-electron chi connectivity index (χ2n) is 7.44. The summed E-state index contributed by atoms with van der Waals surface area (Å²) in [5.41, 5.74) is 0.956. The van der Waals surface area contributed by atoms with Crippen LogP contribution in [-0.2, 0) is 21.4 Å². The van der Waals surface area contributed by atoms with E-state index in [2.05, 4.69) is 0 Å². The van der Waals surface area contributed by atoms with E-state index in [1.165, 1.54) is 18.2 Å². The molecule has 3 rings (SSSR count). The first-order chi connectivity index (χ1) is 16.2. The van der Waals surface area contributed by atoms with E-state index < -0.39 is 28.0 Å². The predicted octanol–water partition coefficient (Wildman–Crippen LogP) is 2.44. The molecule has 180 valence electrons. The van der Waals surface area contributed by atoms with Crippen LogP contribution in [0.4, 0.5) is 0 Å². The zero-order chi connectivity index (χ0) is 24.7. The van der Waals surface area contributed by atoms with Gasteiger partial charge < -0.3 is 18.8 Å². The third-order valence-corrected chi connectivity index (χ3v) is 6.37. The first-order valence-corrected chi connectivity index (χ1v) is 11.9. The predicted molar refractivity (Wildman–Crippen MR) is 126 cm³/mol. The molecule has 0 spiro atoms. The molecule has 1 N–H and O–H groups in total. The van der Waals surface area contributed by atoms with E-state index in [0.29, 0.717) is 24.6 Å². The molecule has 1 heterocycles. The Morgan fingerprint density at radius 1 is 0.941 bits per heavy atom. The maximum absolute atomic E-state index is 12.4. The molecular weight excluding hydrogens is 460 g/mol. The number of pyridine rings is 1. The second-order valence-corrected chi connectivity index (χ2v) is 9.12. The number of nitrogens with zero attached hydrogens (tertiary/aromatic N) is 1. The van der Waals surface area contributed by atoms with Crippen LogP contribution in [0.15, 0.2) is 70.5 Å². The fourth-order valence-corrected chi connectivity index (χ4v) is 4.07. The van der Waals surface area contributed by atoms with Crippen molar-refractivity contribution in [3.8, 4) is 17.2 Å². The highest BCUT2D eigenvalue weighted by atomic mass is 32.2. The maximum atomic E-state index is 12.4. The average Bonchev–Trinajstić information content (AvgIpc) is 2.81. The lowest BCUT2D eigenvalue weighted by Crippen LogP contribution is -2.35. The first-order valence-electron chi connectivity index (χ1n) is 10.4. The zero-order valence-corrected chi connectivity index (χ0v) is 19.9. The van der Waals surface area contributed by atoms with Crippen LogP contribution in [0.1, 0.15) is 11.3 Å². The fourth-order valence-electron chi connectivity index (χ4n) is 3.10. The van der Waals surface area contributed by atoms with Crippen molar-refractivity contribution < 1.29 is 27.4 Å². The molecule has 0 saturated carbocycles. The van der Waals surface area contributed by atoms with Crippen LogP contribution in [0.3, 0.4) is 0 Å². The first kappa shape index (κ1) is 24.8. The van der Waals surface area contributed by atoms with Gasteiger partial charge in [0.15, 0.2) is 12.4 Å². The number of carbonyl (C=O) groups excluding carboxylic acids is 1. The summed E-state index contributed by atoms with van der Waals surface area (Å²) in [5.74, 6) is 0.468. The second kappa shape index (κ2) is 10.9. The number of benzene rings is 2. The van der Waals surface area contributed by atoms with E-state index in [1.54, 1.807) is 61.2 Å². The van der Waals surface area contributed by atoms with Crippen LogP contribution in [0.25, 0.3) is 0 Å². The minimum Gasteiger partial charge on any atom is -0.497 e. The van der Waals surface area contributed by atoms with Gasteiger partial charge in [0.2, 0.25) is 5.43 Å². The van der Waals surface area contributed by atoms with Gasteiger partial charge in [0.05, 0.1) is 24.2 Å². The number of hydrogen-bond acceptors (Lipinski definition) is 7. The minimum atomic E-state index is -4.04. The SMILES string of the molecule is COc1ccc(OCCn2ccc(=O)c(OCC(=O)NS(=O)(=O)c3ccc(C)cc3)c2C)cc1. The van der Waals surface area contributed by atoms with Crippen LogP contribution in [0.2, 0.25) is 0 Å². The third kappa shape index (κ3) is 6.38. The number of rotatable bonds is 10. The van der Waals surface area contributed by atoms with Gasteiger partial charge in [-0.05, 0) is 50.2 Å². The van der Waals surface area contributed by atoms with Gasteiger partial charge in [-0.25, -0.2) is 13.1 Å². The zero-order valence-electron chi connectivity index (χ0n) is 19.1. The van der Waals surface area contributed by atoms with Crippen LogP contribution in [0, 0.1) is 13.8 Å². The van der Waals surface area contributed by atoms with E-state index in [0.717, 1.165) is 11.3 Å². The molecule has 0 radical (unpaired) electrons. The number of nitrogens with one attached hydrogen (secondary N) is 1. The number of ether oxygens (including phenoxy) is 3. The van der Waals surface area contributed by atoms with Gasteiger partial charge in [0, 0.05) is 12.3 Å². The summed E-state index contributed by atoms with van der Waals surface area (Å²) in [4.78, 5) is 24.4. The molecule has 34 heavy (non-hydrogen) atoms. The Morgan fingerprint density at radius 2 is 1.59 bits per heavy atom. The monoisotopic (exact) mass is 486 g/mol. The van der Waals surface area contributed by atoms with Gasteiger partial charge in [-0.15, -0.1) is 0 Å². The molecule has 0 unspecified atom stereocenters. The lowest BCUT2D eigenvalue weighted by Gasteiger charge is -2.15. The van der Waals surface area contributed by atoms with Crippen molar-refractivity contribution in [1.82, 2.24) is 9.29 Å². The van der Waals surface area contributed by atoms with Gasteiger partial charge in [-0.2, -0.15) is 0 Å². The molecule has 0 saturated heterocycles. The van der Waals surface area contributed by atoms with Gasteiger partial charge in [-0.3, -0.25) is 9.59 Å². The lowest BCUT2D eigenvalue weighted by molar-refractivity contribution is -0.121. The van der Waals surface area contributed by atoms with E-state index in [4.69, 9.17) is 14.2 Å². The van der Waals surface area contributed by atoms with Gasteiger partial charge in [-0.1, -0.05) is 17.7 Å². The van der Waals surface area contributed by atoms with Crippen LogP contribution >= 0.6 is 0 Å². The Balaban J connectivity index is 1.59. The highest BCUT2D eigenvalue weighted by Crippen LogP contribution is 2.17. The summed E-state index contributed by atoms with van der Waals surface area (Å²) >= 11 is 0. The summed E-state index contributed by atoms with van der Waals surface area (Å²) in [6.45, 7) is 3.61. The van der Waals surface area contributed by atoms with Crippen molar-refractivity contribution in [3.63, 3.8) is 0 Å². The van der Waals surface area contributed by atoms with Gasteiger partial charge in [0.1, 0.15) is 18.1 Å². The molecule has 0 aliphatic carbocycles. The molecule has 0 atom stereocenters. The molecule has 0 aliphatic rings. The smallest absolute Gasteiger partial charge is 0.271 e. The normalized spacial score (nSPS) is 11.0. The van der Waals surface area contributed by atoms with Crippen molar-refractivity contribution in [2.45, 2.75) is 25.3 Å². The molecule has 10 heteroatoms. The van der Waals surface area contributed by atoms with Crippen LogP contribution in [-0.4, -0.2) is 39.2 Å². The standard InChI is InChI=1S/C24H26N2O7S/c1-17-4-10-21(11-5-17)34(29,30)25-23(28)16-33-24-18(2)26(13-12-22(24)27)14-15-32-20-8-6-19(31-3)7-9-20/h4-13H,14-16H2,1-3H3,(H,25,28). The Bertz CT molecular complexity index is 1300. The van der Waals surface area contributed by atoms with Crippen molar-refractivity contribution in [3.05, 3.63) is 82.3 Å². The summed E-state index contributed by atoms with van der Waals surface area (Å²) in [7, 11) is -2.45. The molecule has 0 aliphatic heterocycles. The summed E-state index contributed by atoms with van der Waals surface area (Å²) in [6, 6.07) is 14.5. The Morgan fingerprint density at radius 3 is 2.24 bits per heavy atom. The van der Waals surface area contributed by atoms with Crippen molar-refractivity contribution in [1.29, 1.82) is 0 Å². The summed E-state index contributed by atoms with van der Waals surface area (Å²) in [6.07, 6.45) is 1.60. The number of methoxy groups -OCH3 is 1. The van der Waals surface area contributed by atoms with Crippen molar-refractivity contribution in [2.24, 2.45) is 0 Å². The largest absolute Gasteiger partial charge is 0.497 e. The summed E-state index contributed by atoms with van der Waals surface area (Å²) < 4.78 is 44.6. The van der Waals surface area contributed by atoms with Gasteiger partial charge in [0.25, 0.3) is 15.9 Å². The van der Waals surface area contributed by atoms with Crippen LogP contribution in [0.5, 0.6) is 17.2 Å². The summed E-state index contributed by atoms with van der Waals surface area (Å²) in [5, 5.41) is 0. The molecular formula is C24H26N2O7S. The fraction of sp³-hybridized carbons (Fsp3) is 0.250. The number of sulfonamides is 1. The van der Waals surface area contributed by atoms with Crippen molar-refractivity contribution >= 4 is 15.9 Å². The number of hydrogen-bond donors (Lipinski definition) is 1. The lowest BCUT2D eigenvalue weighted by atomic mass is 10.2. The van der Waals surface area contributed by atoms with E-state index in [1.807, 2.05) is 11.6 Å². The number of amides is 1. The minimum absolute atomic E-state index is 0.0326.